The molecular formula is C17H21ClN2O4. The van der Waals surface area contributed by atoms with Crippen LogP contribution in [0.5, 0.6) is 0 Å². The third kappa shape index (κ3) is 4.26. The molecule has 6 nitrogen and oxygen atoms in total. The van der Waals surface area contributed by atoms with E-state index in [1.165, 1.54) is 4.90 Å². The molecule has 7 heteroatoms. The monoisotopic (exact) mass is 352 g/mol. The normalized spacial score (nSPS) is 18.2. The summed E-state index contributed by atoms with van der Waals surface area (Å²) in [5, 5.41) is 12.1. The molecule has 0 aromatic heterocycles. The lowest BCUT2D eigenvalue weighted by atomic mass is 9.84. The van der Waals surface area contributed by atoms with Crippen LogP contribution in [0, 0.1) is 5.41 Å². The Labute approximate surface area is 145 Å². The van der Waals surface area contributed by atoms with E-state index in [1.54, 1.807) is 38.1 Å². The van der Waals surface area contributed by atoms with Crippen molar-refractivity contribution >= 4 is 29.4 Å². The van der Waals surface area contributed by atoms with Gasteiger partial charge in [0.1, 0.15) is 6.04 Å². The Kier molecular flexibility index (Phi) is 5.49. The number of aliphatic carboxylic acids is 1. The van der Waals surface area contributed by atoms with Gasteiger partial charge in [0, 0.05) is 30.1 Å². The van der Waals surface area contributed by atoms with E-state index in [0.29, 0.717) is 23.7 Å². The third-order valence-corrected chi connectivity index (χ3v) is 4.34. The first kappa shape index (κ1) is 18.3. The average molecular weight is 353 g/mol. The zero-order valence-corrected chi connectivity index (χ0v) is 14.5. The van der Waals surface area contributed by atoms with Crippen molar-refractivity contribution in [2.45, 2.75) is 32.7 Å². The fourth-order valence-corrected chi connectivity index (χ4v) is 3.16. The smallest absolute Gasteiger partial charge is 0.303 e. The minimum absolute atomic E-state index is 0.0491. The van der Waals surface area contributed by atoms with Gasteiger partial charge in [-0.3, -0.25) is 14.4 Å². The van der Waals surface area contributed by atoms with Crippen LogP contribution in [0.4, 0.5) is 0 Å². The minimum atomic E-state index is -0.952. The Morgan fingerprint density at radius 3 is 2.62 bits per heavy atom. The number of halogens is 1. The van der Waals surface area contributed by atoms with Gasteiger partial charge in [0.05, 0.1) is 6.42 Å². The van der Waals surface area contributed by atoms with Gasteiger partial charge in [-0.15, -0.1) is 0 Å². The maximum Gasteiger partial charge on any atom is 0.303 e. The molecule has 0 saturated carbocycles. The Morgan fingerprint density at radius 2 is 2.00 bits per heavy atom. The molecular weight excluding hydrogens is 332 g/mol. The van der Waals surface area contributed by atoms with Gasteiger partial charge in [0.15, 0.2) is 0 Å². The fourth-order valence-electron chi connectivity index (χ4n) is 2.92. The van der Waals surface area contributed by atoms with Crippen LogP contribution in [0.3, 0.4) is 0 Å². The highest BCUT2D eigenvalue weighted by Gasteiger charge is 2.37. The van der Waals surface area contributed by atoms with E-state index in [1.807, 2.05) is 0 Å². The van der Waals surface area contributed by atoms with Gasteiger partial charge >= 0.3 is 5.97 Å². The van der Waals surface area contributed by atoms with E-state index in [0.717, 1.165) is 0 Å². The first-order valence-electron chi connectivity index (χ1n) is 7.75. The first-order chi connectivity index (χ1) is 11.2. The number of piperazine rings is 1. The van der Waals surface area contributed by atoms with Crippen LogP contribution in [0.15, 0.2) is 24.3 Å². The minimum Gasteiger partial charge on any atom is -0.481 e. The summed E-state index contributed by atoms with van der Waals surface area (Å²) in [5.74, 6) is -1.48. The van der Waals surface area contributed by atoms with Gasteiger partial charge < -0.3 is 15.3 Å². The SMILES string of the molecule is CC(C)(CC(=O)O)CC(=O)N1CCNC(=O)C1c1ccccc1Cl. The Hall–Kier alpha value is -2.08. The van der Waals surface area contributed by atoms with Gasteiger partial charge in [-0.05, 0) is 11.5 Å². The van der Waals surface area contributed by atoms with Crippen molar-refractivity contribution in [2.75, 3.05) is 13.1 Å². The van der Waals surface area contributed by atoms with Crippen LogP contribution in [-0.2, 0) is 14.4 Å². The van der Waals surface area contributed by atoms with Gasteiger partial charge in [-0.1, -0.05) is 43.6 Å². The lowest BCUT2D eigenvalue weighted by Crippen LogP contribution is -2.52. The summed E-state index contributed by atoms with van der Waals surface area (Å²) in [5.41, 5.74) is -0.122. The number of benzene rings is 1. The van der Waals surface area contributed by atoms with Crippen LogP contribution in [0.25, 0.3) is 0 Å². The van der Waals surface area contributed by atoms with Gasteiger partial charge in [-0.2, -0.15) is 0 Å². The Balaban J connectivity index is 2.26. The number of carboxylic acids is 1. The molecule has 1 atom stereocenters. The molecule has 2 rings (SSSR count). The highest BCUT2D eigenvalue weighted by molar-refractivity contribution is 6.31. The number of amides is 2. The molecule has 2 amide bonds. The number of rotatable bonds is 5. The topological polar surface area (TPSA) is 86.7 Å². The number of nitrogens with one attached hydrogen (secondary N) is 1. The largest absolute Gasteiger partial charge is 0.481 e. The van der Waals surface area contributed by atoms with E-state index in [-0.39, 0.29) is 24.7 Å². The fraction of sp³-hybridized carbons (Fsp3) is 0.471. The van der Waals surface area contributed by atoms with E-state index in [9.17, 15) is 14.4 Å². The molecule has 1 aliphatic heterocycles. The Bertz CT molecular complexity index is 660. The Morgan fingerprint density at radius 1 is 1.33 bits per heavy atom. The molecule has 24 heavy (non-hydrogen) atoms. The molecule has 1 aliphatic rings. The summed E-state index contributed by atoms with van der Waals surface area (Å²) in [6, 6.07) is 6.13. The summed E-state index contributed by atoms with van der Waals surface area (Å²) in [4.78, 5) is 37.5. The number of hydrogen-bond acceptors (Lipinski definition) is 3. The second-order valence-corrected chi connectivity index (χ2v) is 7.12. The van der Waals surface area contributed by atoms with Crippen LogP contribution in [0.2, 0.25) is 5.02 Å². The summed E-state index contributed by atoms with van der Waals surface area (Å²) in [6.45, 7) is 4.19. The molecule has 1 unspecified atom stereocenters. The van der Waals surface area contributed by atoms with Crippen molar-refractivity contribution in [2.24, 2.45) is 5.41 Å². The second kappa shape index (κ2) is 7.21. The molecule has 1 fully saturated rings. The predicted octanol–water partition coefficient (Wildman–Crippen LogP) is 2.23. The quantitative estimate of drug-likeness (QED) is 0.850. The lowest BCUT2D eigenvalue weighted by Gasteiger charge is -2.37. The van der Waals surface area contributed by atoms with E-state index < -0.39 is 17.4 Å². The summed E-state index contributed by atoms with van der Waals surface area (Å²) in [6.07, 6.45) is -0.0664. The van der Waals surface area contributed by atoms with Crippen LogP contribution >= 0.6 is 11.6 Å². The highest BCUT2D eigenvalue weighted by atomic mass is 35.5. The zero-order chi connectivity index (χ0) is 17.9. The zero-order valence-electron chi connectivity index (χ0n) is 13.7. The maximum absolute atomic E-state index is 12.7. The predicted molar refractivity (Wildman–Crippen MR) is 89.6 cm³/mol. The average Bonchev–Trinajstić information content (AvgIpc) is 2.46. The molecule has 0 spiro atoms. The summed E-state index contributed by atoms with van der Waals surface area (Å²) < 4.78 is 0. The van der Waals surface area contributed by atoms with Crippen LogP contribution in [-0.4, -0.2) is 40.9 Å². The summed E-state index contributed by atoms with van der Waals surface area (Å²) in [7, 11) is 0. The van der Waals surface area contributed by atoms with E-state index >= 15 is 0 Å². The van der Waals surface area contributed by atoms with Crippen LogP contribution < -0.4 is 5.32 Å². The van der Waals surface area contributed by atoms with Crippen molar-refractivity contribution in [1.29, 1.82) is 0 Å². The molecule has 0 aliphatic carbocycles. The van der Waals surface area contributed by atoms with Crippen molar-refractivity contribution < 1.29 is 19.5 Å². The van der Waals surface area contributed by atoms with E-state index in [2.05, 4.69) is 5.32 Å². The van der Waals surface area contributed by atoms with Crippen LogP contribution in [0.1, 0.15) is 38.3 Å². The lowest BCUT2D eigenvalue weighted by molar-refractivity contribution is -0.146. The third-order valence-electron chi connectivity index (χ3n) is 3.99. The van der Waals surface area contributed by atoms with Gasteiger partial charge in [-0.25, -0.2) is 0 Å². The maximum atomic E-state index is 12.7. The molecule has 1 saturated heterocycles. The van der Waals surface area contributed by atoms with Crippen molar-refractivity contribution in [3.63, 3.8) is 0 Å². The number of carbonyl (C=O) groups is 3. The molecule has 130 valence electrons. The first-order valence-corrected chi connectivity index (χ1v) is 8.12. The molecule has 1 aromatic carbocycles. The van der Waals surface area contributed by atoms with E-state index in [4.69, 9.17) is 16.7 Å². The number of nitrogens with zero attached hydrogens (tertiary/aromatic N) is 1. The number of carboxylic acid groups (broad SMARTS) is 1. The molecule has 1 aromatic rings. The molecule has 2 N–H and O–H groups in total. The number of carbonyl (C=O) groups excluding carboxylic acids is 2. The molecule has 1 heterocycles. The number of hydrogen-bond donors (Lipinski definition) is 2. The highest BCUT2D eigenvalue weighted by Crippen LogP contribution is 2.32. The second-order valence-electron chi connectivity index (χ2n) is 6.71. The van der Waals surface area contributed by atoms with Crippen molar-refractivity contribution in [1.82, 2.24) is 10.2 Å². The standard InChI is InChI=1S/C17H21ClN2O4/c1-17(2,10-14(22)23)9-13(21)20-8-7-19-16(24)15(20)11-5-3-4-6-12(11)18/h3-6,15H,7-10H2,1-2H3,(H,19,24)(H,22,23). The van der Waals surface area contributed by atoms with Gasteiger partial charge in [0.2, 0.25) is 11.8 Å². The molecule has 0 radical (unpaired) electrons. The molecule has 0 bridgehead atoms. The van der Waals surface area contributed by atoms with Crippen molar-refractivity contribution in [3.8, 4) is 0 Å². The van der Waals surface area contributed by atoms with Gasteiger partial charge in [0.25, 0.3) is 0 Å². The van der Waals surface area contributed by atoms with Crippen molar-refractivity contribution in [3.05, 3.63) is 34.9 Å². The summed E-state index contributed by atoms with van der Waals surface area (Å²) >= 11 is 6.20.